The summed E-state index contributed by atoms with van der Waals surface area (Å²) in [6, 6.07) is -1.71. The quantitative estimate of drug-likeness (QED) is 0.260. The fraction of sp³-hybridized carbons (Fsp3) is 0.733. The van der Waals surface area contributed by atoms with E-state index in [0.29, 0.717) is 0 Å². The van der Waals surface area contributed by atoms with Gasteiger partial charge in [-0.1, -0.05) is 13.8 Å². The van der Waals surface area contributed by atoms with Crippen LogP contribution in [0.2, 0.25) is 0 Å². The molecule has 0 aromatic heterocycles. The highest BCUT2D eigenvalue weighted by Gasteiger charge is 2.20. The zero-order chi connectivity index (χ0) is 22.2. The largest absolute Gasteiger partial charge is 0.480 e. The van der Waals surface area contributed by atoms with E-state index in [1.807, 2.05) is 0 Å². The molecule has 160 valence electrons. The number of aliphatic carboxylic acids is 4. The van der Waals surface area contributed by atoms with Crippen LogP contribution in [0.1, 0.15) is 33.6 Å². The summed E-state index contributed by atoms with van der Waals surface area (Å²) < 4.78 is 0. The minimum atomic E-state index is -0.968. The Bertz CT molecular complexity index is 439. The van der Waals surface area contributed by atoms with E-state index < -0.39 is 36.0 Å². The summed E-state index contributed by atoms with van der Waals surface area (Å²) >= 11 is 0. The molecule has 3 atom stereocenters. The van der Waals surface area contributed by atoms with Crippen molar-refractivity contribution < 1.29 is 39.6 Å². The van der Waals surface area contributed by atoms with E-state index in [1.165, 1.54) is 6.92 Å². The Morgan fingerprint density at radius 2 is 1.41 bits per heavy atom. The van der Waals surface area contributed by atoms with E-state index in [9.17, 15) is 19.2 Å². The summed E-state index contributed by atoms with van der Waals surface area (Å²) in [4.78, 5) is 39.0. The lowest BCUT2D eigenvalue weighted by molar-refractivity contribution is -0.140. The lowest BCUT2D eigenvalue weighted by Gasteiger charge is -2.07. The predicted octanol–water partition coefficient (Wildman–Crippen LogP) is -1.67. The summed E-state index contributed by atoms with van der Waals surface area (Å²) in [5.41, 5.74) is 14.6. The molecule has 0 aromatic carbocycles. The van der Waals surface area contributed by atoms with Gasteiger partial charge in [0.2, 0.25) is 0 Å². The third-order valence-electron chi connectivity index (χ3n) is 2.93. The van der Waals surface area contributed by atoms with E-state index in [2.05, 4.69) is 11.1 Å². The predicted molar refractivity (Wildman–Crippen MR) is 97.1 cm³/mol. The highest BCUT2D eigenvalue weighted by molar-refractivity contribution is 5.74. The highest BCUT2D eigenvalue weighted by Crippen LogP contribution is 2.03. The fourth-order valence-corrected chi connectivity index (χ4v) is 1.18. The van der Waals surface area contributed by atoms with E-state index in [-0.39, 0.29) is 18.5 Å². The van der Waals surface area contributed by atoms with Crippen molar-refractivity contribution in [3.8, 4) is 0 Å². The number of hydrogen-bond acceptors (Lipinski definition) is 8. The van der Waals surface area contributed by atoms with Crippen LogP contribution in [0.5, 0.6) is 0 Å². The number of carboxylic acids is 4. The molecule has 0 aromatic rings. The van der Waals surface area contributed by atoms with Crippen LogP contribution < -0.4 is 22.5 Å². The van der Waals surface area contributed by atoms with Crippen molar-refractivity contribution >= 4 is 23.9 Å². The van der Waals surface area contributed by atoms with Crippen LogP contribution in [0.25, 0.3) is 0 Å². The van der Waals surface area contributed by atoms with Gasteiger partial charge in [0.1, 0.15) is 18.1 Å². The van der Waals surface area contributed by atoms with Gasteiger partial charge in [-0.25, -0.2) is 0 Å². The number of nitrogens with two attached hydrogens (primary N) is 3. The van der Waals surface area contributed by atoms with Crippen molar-refractivity contribution in [3.63, 3.8) is 0 Å². The zero-order valence-corrected chi connectivity index (χ0v) is 15.8. The molecule has 0 radical (unpaired) electrons. The van der Waals surface area contributed by atoms with Gasteiger partial charge in [0, 0.05) is 0 Å². The maximum atomic E-state index is 10.1. The van der Waals surface area contributed by atoms with Gasteiger partial charge in [0.05, 0.1) is 6.54 Å². The van der Waals surface area contributed by atoms with Gasteiger partial charge in [-0.15, -0.1) is 0 Å². The van der Waals surface area contributed by atoms with Gasteiger partial charge < -0.3 is 42.9 Å². The number of nitrogens with one attached hydrogen (secondary N) is 1. The molecule has 1 heterocycles. The first-order valence-electron chi connectivity index (χ1n) is 8.12. The number of carboxylic acid groups (broad SMARTS) is 4. The topological polar surface area (TPSA) is 239 Å². The molecule has 0 saturated carbocycles. The lowest BCUT2D eigenvalue weighted by atomic mass is 10.1. The molecule has 1 rings (SSSR count). The molecule has 0 aliphatic carbocycles. The monoisotopic (exact) mass is 396 g/mol. The van der Waals surface area contributed by atoms with Gasteiger partial charge >= 0.3 is 23.9 Å². The normalized spacial score (nSPS) is 16.9. The van der Waals surface area contributed by atoms with Gasteiger partial charge in [0.25, 0.3) is 0 Å². The molecule has 11 N–H and O–H groups in total. The molecule has 12 heteroatoms. The van der Waals surface area contributed by atoms with Crippen molar-refractivity contribution in [2.75, 3.05) is 13.1 Å². The van der Waals surface area contributed by atoms with Crippen molar-refractivity contribution in [1.29, 1.82) is 0 Å². The first-order chi connectivity index (χ1) is 12.3. The van der Waals surface area contributed by atoms with Crippen LogP contribution in [0, 0.1) is 5.92 Å². The van der Waals surface area contributed by atoms with Gasteiger partial charge in [0.15, 0.2) is 0 Å². The van der Waals surface area contributed by atoms with Gasteiger partial charge in [-0.05, 0) is 32.2 Å². The summed E-state index contributed by atoms with van der Waals surface area (Å²) in [7, 11) is 0. The van der Waals surface area contributed by atoms with E-state index in [1.54, 1.807) is 13.8 Å². The second-order valence-electron chi connectivity index (χ2n) is 5.82. The van der Waals surface area contributed by atoms with Crippen LogP contribution in [0.3, 0.4) is 0 Å². The Kier molecular flexibility index (Phi) is 18.7. The molecule has 0 bridgehead atoms. The van der Waals surface area contributed by atoms with Crippen LogP contribution >= 0.6 is 0 Å². The molecule has 1 fully saturated rings. The van der Waals surface area contributed by atoms with Crippen LogP contribution in [0.4, 0.5) is 0 Å². The van der Waals surface area contributed by atoms with Crippen molar-refractivity contribution in [2.45, 2.75) is 51.7 Å². The third-order valence-corrected chi connectivity index (χ3v) is 2.93. The van der Waals surface area contributed by atoms with Crippen LogP contribution in [-0.4, -0.2) is 75.5 Å². The van der Waals surface area contributed by atoms with Crippen molar-refractivity contribution in [3.05, 3.63) is 0 Å². The fourth-order valence-electron chi connectivity index (χ4n) is 1.18. The van der Waals surface area contributed by atoms with Crippen LogP contribution in [-0.2, 0) is 19.2 Å². The second-order valence-corrected chi connectivity index (χ2v) is 5.82. The smallest absolute Gasteiger partial charge is 0.320 e. The summed E-state index contributed by atoms with van der Waals surface area (Å²) in [5.74, 6) is -3.56. The molecule has 0 unspecified atom stereocenters. The Morgan fingerprint density at radius 3 is 1.48 bits per heavy atom. The number of hydrogen-bond donors (Lipinski definition) is 8. The molecule has 1 aliphatic heterocycles. The first-order valence-corrected chi connectivity index (χ1v) is 8.12. The first kappa shape index (κ1) is 29.5. The molecular weight excluding hydrogens is 364 g/mol. The van der Waals surface area contributed by atoms with Gasteiger partial charge in [-0.2, -0.15) is 0 Å². The number of carbonyl (C=O) groups is 4. The van der Waals surface area contributed by atoms with Crippen LogP contribution in [0.15, 0.2) is 0 Å². The maximum Gasteiger partial charge on any atom is 0.320 e. The summed E-state index contributed by atoms with van der Waals surface area (Å²) in [6.45, 7) is 5.55. The highest BCUT2D eigenvalue weighted by atomic mass is 16.4. The third kappa shape index (κ3) is 21.7. The Hall–Kier alpha value is -2.28. The molecule has 27 heavy (non-hydrogen) atoms. The van der Waals surface area contributed by atoms with Crippen molar-refractivity contribution in [2.24, 2.45) is 23.1 Å². The summed E-state index contributed by atoms with van der Waals surface area (Å²) in [6.07, 6.45) is 1.78. The average Bonchev–Trinajstić information content (AvgIpc) is 3.10. The molecule has 0 amide bonds. The zero-order valence-electron chi connectivity index (χ0n) is 15.8. The molecule has 0 spiro atoms. The Morgan fingerprint density at radius 1 is 1.00 bits per heavy atom. The standard InChI is InChI=1S/C5H9NO2.C5H11NO2.C3H7NO2.C2H5NO2/c7-5(8)4-2-1-3-6-4;1-3(2)4(6)5(7)8;1-2(4)3(5)6;3-1-2(4)5/h4,6H,1-3H2,(H,7,8);3-4H,6H2,1-2H3,(H,7,8);2H,4H2,1H3,(H,5,6);1,3H2,(H,4,5)/t2*4-;2-;/m000./s1. The average molecular weight is 396 g/mol. The van der Waals surface area contributed by atoms with E-state index >= 15 is 0 Å². The molecular formula is C15H32N4O8. The molecule has 12 nitrogen and oxygen atoms in total. The minimum absolute atomic E-state index is 0.0208. The molecule has 1 aliphatic rings. The Balaban J connectivity index is -0.000000290. The van der Waals surface area contributed by atoms with Gasteiger partial charge in [-0.3, -0.25) is 19.2 Å². The summed E-state index contributed by atoms with van der Waals surface area (Å²) in [5, 5.41) is 34.9. The lowest BCUT2D eigenvalue weighted by Crippen LogP contribution is -2.34. The Labute approximate surface area is 157 Å². The molecule has 1 saturated heterocycles. The SMILES string of the molecule is CC(C)[C@H](N)C(=O)O.C[C@H](N)C(=O)O.NCC(=O)O.O=C(O)[C@@H]1CCCN1. The minimum Gasteiger partial charge on any atom is -0.480 e. The van der Waals surface area contributed by atoms with E-state index in [0.717, 1.165) is 19.4 Å². The maximum absolute atomic E-state index is 10.1. The second kappa shape index (κ2) is 17.1. The number of rotatable bonds is 5. The van der Waals surface area contributed by atoms with E-state index in [4.69, 9.17) is 31.9 Å². The van der Waals surface area contributed by atoms with Crippen molar-refractivity contribution in [1.82, 2.24) is 5.32 Å².